The standard InChI is InChI=1S/C29H29N5O5S.C27H23N5O4S/c1-34-21-8-6-5-7-17(21)11-22(34)29(36)33-20-10-9-16(12-23(20)37-2)19-15-40-26-18(13-31-27(30)25(19)26)28(35)32-14-24(38-3)39-4;1-32-20-6-4-3-5-16(20)11-21(32)27(35)31-19-8-7-15(12-22(19)36-2)18-14-37-24-17(26(34)29-9-10-33)13-30-25(28)23(18)24/h5-13,15,24H,14H2,1-4H3,(H2,30,31)(H,32,35)(H,33,36);3-8,10-14H,9H2,1-2H3,(H2,28,30)(H,29,34)(H,31,35). The zero-order valence-electron chi connectivity index (χ0n) is 42.6. The van der Waals surface area contributed by atoms with Crippen molar-refractivity contribution < 1.29 is 42.9 Å². The fourth-order valence-electron chi connectivity index (χ4n) is 8.96. The molecule has 10 rings (SSSR count). The van der Waals surface area contributed by atoms with Gasteiger partial charge in [-0.3, -0.25) is 19.2 Å². The Kier molecular flexibility index (Phi) is 15.6. The van der Waals surface area contributed by atoms with Gasteiger partial charge in [0.15, 0.2) is 6.29 Å². The van der Waals surface area contributed by atoms with E-state index in [1.165, 1.54) is 56.4 Å². The number of aromatic nitrogens is 4. The van der Waals surface area contributed by atoms with Crippen molar-refractivity contribution in [2.45, 2.75) is 6.29 Å². The van der Waals surface area contributed by atoms with Crippen molar-refractivity contribution in [3.05, 3.63) is 143 Å². The molecule has 4 aromatic carbocycles. The number of hydrogen-bond acceptors (Lipinski definition) is 15. The van der Waals surface area contributed by atoms with Gasteiger partial charge in [0.2, 0.25) is 0 Å². The van der Waals surface area contributed by atoms with Crippen molar-refractivity contribution in [3.63, 3.8) is 0 Å². The Morgan fingerprint density at radius 1 is 0.610 bits per heavy atom. The second kappa shape index (κ2) is 22.8. The Labute approximate surface area is 448 Å². The zero-order chi connectivity index (χ0) is 54.5. The number of nitrogen functional groups attached to an aromatic ring is 2. The molecule has 21 heteroatoms. The first-order valence-corrected chi connectivity index (χ1v) is 25.5. The van der Waals surface area contributed by atoms with E-state index in [0.717, 1.165) is 44.1 Å². The molecule has 8 N–H and O–H groups in total. The third kappa shape index (κ3) is 10.5. The van der Waals surface area contributed by atoms with Crippen molar-refractivity contribution in [2.24, 2.45) is 14.1 Å². The first kappa shape index (κ1) is 52.7. The molecule has 0 spiro atoms. The van der Waals surface area contributed by atoms with E-state index in [1.807, 2.05) is 113 Å². The van der Waals surface area contributed by atoms with Crippen LogP contribution < -0.4 is 42.2 Å². The number of nitrogens with two attached hydrogens (primary N) is 2. The molecule has 0 atom stereocenters. The van der Waals surface area contributed by atoms with Crippen LogP contribution in [0.2, 0.25) is 0 Å². The normalized spacial score (nSPS) is 11.2. The van der Waals surface area contributed by atoms with Crippen molar-refractivity contribution in [3.8, 4) is 33.8 Å². The number of rotatable bonds is 16. The number of aldehydes is 1. The second-order valence-electron chi connectivity index (χ2n) is 17.3. The van der Waals surface area contributed by atoms with Gasteiger partial charge in [0.1, 0.15) is 40.8 Å². The Hall–Kier alpha value is -9.15. The van der Waals surface area contributed by atoms with Crippen LogP contribution >= 0.6 is 22.7 Å². The SMILES string of the molecule is COc1cc(-c2csc3c(C(=O)NCC(OC)OC)cnc(N)c23)ccc1NC(=O)c1cc2ccccc2n1C.COc1cc(-c2csc3c(C(=O)NCC=O)cnc(N)c23)ccc1NC(=O)c1cc2ccccc2n1C. The Bertz CT molecular complexity index is 3910. The van der Waals surface area contributed by atoms with Gasteiger partial charge in [-0.25, -0.2) is 9.97 Å². The molecule has 4 amide bonds. The van der Waals surface area contributed by atoms with E-state index in [-0.39, 0.29) is 36.6 Å². The molecule has 0 unspecified atom stereocenters. The summed E-state index contributed by atoms with van der Waals surface area (Å²) in [5.74, 6) is 0.317. The number of thiophene rings is 2. The summed E-state index contributed by atoms with van der Waals surface area (Å²) in [7, 11) is 9.79. The molecular weight excluding hydrogens is 1020 g/mol. The van der Waals surface area contributed by atoms with Gasteiger partial charge in [-0.1, -0.05) is 48.5 Å². The lowest BCUT2D eigenvalue weighted by atomic mass is 10.0. The molecule has 10 aromatic rings. The van der Waals surface area contributed by atoms with Gasteiger partial charge in [-0.05, 0) is 70.4 Å². The quantitative estimate of drug-likeness (QED) is 0.0391. The van der Waals surface area contributed by atoms with E-state index < -0.39 is 12.2 Å². The molecule has 19 nitrogen and oxygen atoms in total. The highest BCUT2D eigenvalue weighted by molar-refractivity contribution is 7.18. The van der Waals surface area contributed by atoms with Crippen LogP contribution in [0, 0.1) is 0 Å². The van der Waals surface area contributed by atoms with Crippen LogP contribution in [0.4, 0.5) is 23.0 Å². The van der Waals surface area contributed by atoms with Crippen LogP contribution in [0.1, 0.15) is 41.7 Å². The number of para-hydroxylation sites is 2. The molecule has 0 radical (unpaired) electrons. The Balaban J connectivity index is 0.000000188. The topological polar surface area (TPSA) is 258 Å². The largest absolute Gasteiger partial charge is 0.495 e. The summed E-state index contributed by atoms with van der Waals surface area (Å²) in [6, 6.07) is 30.2. The molecule has 6 aromatic heterocycles. The highest BCUT2D eigenvalue weighted by Gasteiger charge is 2.23. The number of anilines is 4. The monoisotopic (exact) mass is 1070 g/mol. The number of fused-ring (bicyclic) bond motifs is 4. The van der Waals surface area contributed by atoms with Crippen LogP contribution in [0.15, 0.2) is 120 Å². The number of carbonyl (C=O) groups is 5. The smallest absolute Gasteiger partial charge is 0.272 e. The van der Waals surface area contributed by atoms with Crippen LogP contribution in [0.5, 0.6) is 11.5 Å². The lowest BCUT2D eigenvalue weighted by Crippen LogP contribution is -2.34. The van der Waals surface area contributed by atoms with Crippen LogP contribution in [-0.4, -0.2) is 96.8 Å². The zero-order valence-corrected chi connectivity index (χ0v) is 44.2. The summed E-state index contributed by atoms with van der Waals surface area (Å²) in [6.45, 7) is 0.0885. The maximum Gasteiger partial charge on any atom is 0.272 e. The summed E-state index contributed by atoms with van der Waals surface area (Å²) in [5, 5.41) is 18.3. The van der Waals surface area contributed by atoms with Crippen molar-refractivity contribution in [2.75, 3.05) is 63.6 Å². The third-order valence-electron chi connectivity index (χ3n) is 12.9. The fourth-order valence-corrected chi connectivity index (χ4v) is 11.1. The van der Waals surface area contributed by atoms with E-state index in [9.17, 15) is 24.0 Å². The lowest BCUT2D eigenvalue weighted by Gasteiger charge is -2.14. The first-order chi connectivity index (χ1) is 37.3. The third-order valence-corrected chi connectivity index (χ3v) is 15.0. The van der Waals surface area contributed by atoms with E-state index in [2.05, 4.69) is 31.2 Å². The molecule has 0 aliphatic heterocycles. The minimum atomic E-state index is -0.563. The highest BCUT2D eigenvalue weighted by atomic mass is 32.1. The van der Waals surface area contributed by atoms with Gasteiger partial charge in [-0.2, -0.15) is 0 Å². The molecule has 0 fully saturated rings. The van der Waals surface area contributed by atoms with E-state index in [1.54, 1.807) is 25.3 Å². The molecule has 0 aliphatic carbocycles. The lowest BCUT2D eigenvalue weighted by molar-refractivity contribution is -0.107. The molecule has 392 valence electrons. The number of nitrogens with zero attached hydrogens (tertiary/aromatic N) is 4. The number of hydrogen-bond donors (Lipinski definition) is 6. The summed E-state index contributed by atoms with van der Waals surface area (Å²) < 4.78 is 26.6. The number of nitrogens with one attached hydrogen (secondary N) is 4. The maximum absolute atomic E-state index is 13.2. The van der Waals surface area contributed by atoms with E-state index in [0.29, 0.717) is 77.7 Å². The number of pyridine rings is 2. The molecule has 0 aliphatic rings. The molecular formula is C56H52N10O9S2. The number of ether oxygens (including phenoxy) is 4. The summed E-state index contributed by atoms with van der Waals surface area (Å²) in [5.41, 5.74) is 20.4. The Morgan fingerprint density at radius 3 is 1.47 bits per heavy atom. The maximum atomic E-state index is 13.2. The van der Waals surface area contributed by atoms with Gasteiger partial charge in [0, 0.05) is 84.4 Å². The van der Waals surface area contributed by atoms with E-state index in [4.69, 9.17) is 30.4 Å². The fraction of sp³-hybridized carbons (Fsp3) is 0.161. The minimum Gasteiger partial charge on any atom is -0.495 e. The highest BCUT2D eigenvalue weighted by Crippen LogP contribution is 2.43. The molecule has 77 heavy (non-hydrogen) atoms. The van der Waals surface area contributed by atoms with Crippen molar-refractivity contribution in [1.29, 1.82) is 0 Å². The molecule has 0 bridgehead atoms. The number of benzene rings is 4. The van der Waals surface area contributed by atoms with Crippen molar-refractivity contribution in [1.82, 2.24) is 29.7 Å². The van der Waals surface area contributed by atoms with Gasteiger partial charge in [0.05, 0.1) is 59.2 Å². The minimum absolute atomic E-state index is 0.0912. The van der Waals surface area contributed by atoms with Crippen LogP contribution in [-0.2, 0) is 28.4 Å². The Morgan fingerprint density at radius 2 is 1.05 bits per heavy atom. The summed E-state index contributed by atoms with van der Waals surface area (Å²) in [6.07, 6.45) is 2.93. The van der Waals surface area contributed by atoms with Gasteiger partial charge in [0.25, 0.3) is 23.6 Å². The predicted octanol–water partition coefficient (Wildman–Crippen LogP) is 8.87. The van der Waals surface area contributed by atoms with Crippen LogP contribution in [0.25, 0.3) is 64.2 Å². The second-order valence-corrected chi connectivity index (χ2v) is 19.1. The number of carbonyl (C=O) groups excluding carboxylic acids is 5. The average molecular weight is 1070 g/mol. The molecule has 0 saturated heterocycles. The van der Waals surface area contributed by atoms with Gasteiger partial charge < -0.3 is 65.6 Å². The summed E-state index contributed by atoms with van der Waals surface area (Å²) in [4.78, 5) is 70.9. The number of amides is 4. The van der Waals surface area contributed by atoms with Gasteiger partial charge in [-0.15, -0.1) is 22.7 Å². The van der Waals surface area contributed by atoms with E-state index >= 15 is 0 Å². The predicted molar refractivity (Wildman–Crippen MR) is 302 cm³/mol. The molecule has 6 heterocycles. The van der Waals surface area contributed by atoms with Gasteiger partial charge >= 0.3 is 0 Å². The van der Waals surface area contributed by atoms with Crippen molar-refractivity contribution >= 4 is 118 Å². The van der Waals surface area contributed by atoms with Crippen LogP contribution in [0.3, 0.4) is 0 Å². The first-order valence-electron chi connectivity index (χ1n) is 23.7. The molecule has 0 saturated carbocycles. The number of aryl methyl sites for hydroxylation is 2. The summed E-state index contributed by atoms with van der Waals surface area (Å²) >= 11 is 2.75. The number of methoxy groups -OCH3 is 4. The average Bonchev–Trinajstić information content (AvgIpc) is 4.27.